The van der Waals surface area contributed by atoms with Crippen LogP contribution < -0.4 is 10.6 Å². The summed E-state index contributed by atoms with van der Waals surface area (Å²) in [5, 5.41) is 14.5. The summed E-state index contributed by atoms with van der Waals surface area (Å²) in [6, 6.07) is 13.2. The van der Waals surface area contributed by atoms with E-state index < -0.39 is 11.7 Å². The van der Waals surface area contributed by atoms with Crippen LogP contribution in [-0.4, -0.2) is 38.9 Å². The number of carbonyl (C=O) groups excluding carboxylic acids is 2. The van der Waals surface area contributed by atoms with Crippen molar-refractivity contribution in [2.75, 3.05) is 17.6 Å². The van der Waals surface area contributed by atoms with Crippen molar-refractivity contribution in [1.29, 1.82) is 0 Å². The zero-order chi connectivity index (χ0) is 22.2. The fourth-order valence-corrected chi connectivity index (χ4v) is 3.90. The topological polar surface area (TPSA) is 88.9 Å². The fraction of sp³-hybridized carbons (Fsp3) is 0.238. The smallest absolute Gasteiger partial charge is 0.254 e. The van der Waals surface area contributed by atoms with Gasteiger partial charge in [0, 0.05) is 29.7 Å². The molecule has 2 N–H and O–H groups in total. The highest BCUT2D eigenvalue weighted by Crippen LogP contribution is 2.19. The standard InChI is InChI=1S/C21H21BrFN5O2S/c1-2-28-18(11-12-24-20(30)16-5-3-4-6-17(16)23)26-27-21(28)31-13-19(29)25-15-9-7-14(22)8-10-15/h3-10H,2,11-13H2,1H3,(H,24,30)(H,25,29). The molecule has 0 bridgehead atoms. The van der Waals surface area contributed by atoms with E-state index in [4.69, 9.17) is 0 Å². The molecular formula is C21H21BrFN5O2S. The Hall–Kier alpha value is -2.72. The van der Waals surface area contributed by atoms with Crippen LogP contribution in [0.3, 0.4) is 0 Å². The Kier molecular flexibility index (Phi) is 8.19. The van der Waals surface area contributed by atoms with Crippen molar-refractivity contribution in [3.63, 3.8) is 0 Å². The van der Waals surface area contributed by atoms with Gasteiger partial charge in [-0.05, 0) is 43.3 Å². The van der Waals surface area contributed by atoms with Crippen molar-refractivity contribution in [1.82, 2.24) is 20.1 Å². The average molecular weight is 506 g/mol. The van der Waals surface area contributed by atoms with Gasteiger partial charge < -0.3 is 15.2 Å². The third-order valence-corrected chi connectivity index (χ3v) is 5.82. The molecule has 31 heavy (non-hydrogen) atoms. The van der Waals surface area contributed by atoms with Crippen LogP contribution in [0.2, 0.25) is 0 Å². The second kappa shape index (κ2) is 11.1. The SMILES string of the molecule is CCn1c(CCNC(=O)c2ccccc2F)nnc1SCC(=O)Nc1ccc(Br)cc1. The number of anilines is 1. The van der Waals surface area contributed by atoms with Gasteiger partial charge in [-0.25, -0.2) is 4.39 Å². The van der Waals surface area contributed by atoms with E-state index in [-0.39, 0.29) is 17.2 Å². The molecule has 7 nitrogen and oxygen atoms in total. The quantitative estimate of drug-likeness (QED) is 0.430. The summed E-state index contributed by atoms with van der Waals surface area (Å²) in [4.78, 5) is 24.3. The van der Waals surface area contributed by atoms with Crippen molar-refractivity contribution in [2.45, 2.75) is 25.0 Å². The van der Waals surface area contributed by atoms with E-state index in [0.29, 0.717) is 30.5 Å². The summed E-state index contributed by atoms with van der Waals surface area (Å²) in [5.74, 6) is -0.293. The number of thioether (sulfide) groups is 1. The second-order valence-electron chi connectivity index (χ2n) is 6.47. The molecule has 0 radical (unpaired) electrons. The first-order valence-electron chi connectivity index (χ1n) is 9.61. The van der Waals surface area contributed by atoms with Gasteiger partial charge in [-0.1, -0.05) is 39.8 Å². The van der Waals surface area contributed by atoms with E-state index in [2.05, 4.69) is 36.8 Å². The molecule has 0 saturated carbocycles. The van der Waals surface area contributed by atoms with Crippen LogP contribution in [0.25, 0.3) is 0 Å². The molecule has 0 unspecified atom stereocenters. The largest absolute Gasteiger partial charge is 0.351 e. The van der Waals surface area contributed by atoms with E-state index in [1.54, 1.807) is 6.07 Å². The Morgan fingerprint density at radius 2 is 1.87 bits per heavy atom. The van der Waals surface area contributed by atoms with Crippen LogP contribution in [0.1, 0.15) is 23.1 Å². The molecule has 0 saturated heterocycles. The molecule has 1 aromatic heterocycles. The minimum atomic E-state index is -0.558. The van der Waals surface area contributed by atoms with Gasteiger partial charge in [0.1, 0.15) is 11.6 Å². The number of hydrogen-bond acceptors (Lipinski definition) is 5. The summed E-state index contributed by atoms with van der Waals surface area (Å²) in [6.45, 7) is 2.87. The van der Waals surface area contributed by atoms with Crippen LogP contribution in [0, 0.1) is 5.82 Å². The highest BCUT2D eigenvalue weighted by molar-refractivity contribution is 9.10. The lowest BCUT2D eigenvalue weighted by molar-refractivity contribution is -0.113. The van der Waals surface area contributed by atoms with E-state index in [0.717, 1.165) is 10.2 Å². The molecule has 3 rings (SSSR count). The minimum absolute atomic E-state index is 0.00693. The zero-order valence-electron chi connectivity index (χ0n) is 16.8. The van der Waals surface area contributed by atoms with E-state index in [1.807, 2.05) is 35.8 Å². The van der Waals surface area contributed by atoms with Gasteiger partial charge in [-0.15, -0.1) is 10.2 Å². The molecule has 0 atom stereocenters. The first-order valence-corrected chi connectivity index (χ1v) is 11.4. The average Bonchev–Trinajstić information content (AvgIpc) is 3.16. The Morgan fingerprint density at radius 3 is 2.58 bits per heavy atom. The van der Waals surface area contributed by atoms with Gasteiger partial charge in [-0.2, -0.15) is 0 Å². The molecule has 10 heteroatoms. The first kappa shape index (κ1) is 23.0. The Labute approximate surface area is 192 Å². The summed E-state index contributed by atoms with van der Waals surface area (Å²) in [6.07, 6.45) is 0.437. The Morgan fingerprint density at radius 1 is 1.13 bits per heavy atom. The molecular weight excluding hydrogens is 485 g/mol. The third-order valence-electron chi connectivity index (χ3n) is 4.32. The normalized spacial score (nSPS) is 10.7. The lowest BCUT2D eigenvalue weighted by Gasteiger charge is -2.09. The molecule has 0 aliphatic heterocycles. The number of nitrogens with one attached hydrogen (secondary N) is 2. The van der Waals surface area contributed by atoms with Gasteiger partial charge >= 0.3 is 0 Å². The number of aromatic nitrogens is 3. The number of hydrogen-bond donors (Lipinski definition) is 2. The second-order valence-corrected chi connectivity index (χ2v) is 8.33. The van der Waals surface area contributed by atoms with Gasteiger partial charge in [0.25, 0.3) is 5.91 Å². The fourth-order valence-electron chi connectivity index (χ4n) is 2.82. The summed E-state index contributed by atoms with van der Waals surface area (Å²) in [5.41, 5.74) is 0.726. The van der Waals surface area contributed by atoms with Crippen LogP contribution in [-0.2, 0) is 17.8 Å². The number of nitrogens with zero attached hydrogens (tertiary/aromatic N) is 3. The van der Waals surface area contributed by atoms with Gasteiger partial charge in [0.2, 0.25) is 5.91 Å². The summed E-state index contributed by atoms with van der Waals surface area (Å²) >= 11 is 4.65. The lowest BCUT2D eigenvalue weighted by atomic mass is 10.2. The Balaban J connectivity index is 1.51. The van der Waals surface area contributed by atoms with Crippen molar-refractivity contribution in [2.24, 2.45) is 0 Å². The maximum absolute atomic E-state index is 13.7. The number of benzene rings is 2. The van der Waals surface area contributed by atoms with Crippen LogP contribution in [0.15, 0.2) is 58.2 Å². The molecule has 0 aliphatic rings. The van der Waals surface area contributed by atoms with E-state index in [9.17, 15) is 14.0 Å². The Bertz CT molecular complexity index is 1060. The highest BCUT2D eigenvalue weighted by Gasteiger charge is 2.15. The molecule has 1 heterocycles. The van der Waals surface area contributed by atoms with Crippen LogP contribution in [0.5, 0.6) is 0 Å². The molecule has 2 amide bonds. The van der Waals surface area contributed by atoms with Crippen molar-refractivity contribution < 1.29 is 14.0 Å². The maximum atomic E-state index is 13.7. The maximum Gasteiger partial charge on any atom is 0.254 e. The monoisotopic (exact) mass is 505 g/mol. The summed E-state index contributed by atoms with van der Waals surface area (Å²) < 4.78 is 16.5. The number of halogens is 2. The first-order chi connectivity index (χ1) is 15.0. The van der Waals surface area contributed by atoms with Gasteiger partial charge in [0.05, 0.1) is 11.3 Å². The van der Waals surface area contributed by atoms with Gasteiger partial charge in [-0.3, -0.25) is 9.59 Å². The van der Waals surface area contributed by atoms with Crippen molar-refractivity contribution in [3.05, 3.63) is 70.2 Å². The lowest BCUT2D eigenvalue weighted by Crippen LogP contribution is -2.27. The number of amides is 2. The summed E-state index contributed by atoms with van der Waals surface area (Å²) in [7, 11) is 0. The predicted octanol–water partition coefficient (Wildman–Crippen LogP) is 3.90. The molecule has 2 aromatic carbocycles. The highest BCUT2D eigenvalue weighted by atomic mass is 79.9. The molecule has 0 aliphatic carbocycles. The number of carbonyl (C=O) groups is 2. The van der Waals surface area contributed by atoms with E-state index in [1.165, 1.54) is 30.0 Å². The zero-order valence-corrected chi connectivity index (χ0v) is 19.2. The van der Waals surface area contributed by atoms with Gasteiger partial charge in [0.15, 0.2) is 5.16 Å². The molecule has 162 valence electrons. The molecule has 3 aromatic rings. The predicted molar refractivity (Wildman–Crippen MR) is 122 cm³/mol. The van der Waals surface area contributed by atoms with Crippen molar-refractivity contribution >= 4 is 45.2 Å². The minimum Gasteiger partial charge on any atom is -0.351 e. The van der Waals surface area contributed by atoms with Crippen molar-refractivity contribution in [3.8, 4) is 0 Å². The third kappa shape index (κ3) is 6.38. The number of rotatable bonds is 9. The molecule has 0 fully saturated rings. The van der Waals surface area contributed by atoms with E-state index >= 15 is 0 Å². The van der Waals surface area contributed by atoms with Crippen LogP contribution in [0.4, 0.5) is 10.1 Å². The molecule has 0 spiro atoms. The van der Waals surface area contributed by atoms with Crippen LogP contribution >= 0.6 is 27.7 Å².